The molecule has 0 atom stereocenters. The van der Waals surface area contributed by atoms with Crippen molar-refractivity contribution in [2.45, 2.75) is 6.92 Å². The Hall–Kier alpha value is -2.18. The van der Waals surface area contributed by atoms with E-state index in [4.69, 9.17) is 11.6 Å². The fourth-order valence-corrected chi connectivity index (χ4v) is 2.43. The summed E-state index contributed by atoms with van der Waals surface area (Å²) in [6.45, 7) is 1.78. The maximum absolute atomic E-state index is 12.5. The minimum absolute atomic E-state index is 0.259. The van der Waals surface area contributed by atoms with E-state index in [1.165, 1.54) is 4.68 Å². The molecule has 3 rings (SSSR count). The second-order valence-corrected chi connectivity index (χ2v) is 6.23. The highest BCUT2D eigenvalue weighted by atomic mass is 79.9. The largest absolute Gasteiger partial charge is 0.299 e. The van der Waals surface area contributed by atoms with Crippen molar-refractivity contribution in [1.29, 1.82) is 0 Å². The smallest absolute Gasteiger partial charge is 0.293 e. The molecule has 7 heteroatoms. The van der Waals surface area contributed by atoms with Crippen LogP contribution >= 0.6 is 27.5 Å². The zero-order valence-electron chi connectivity index (χ0n) is 12.1. The first kappa shape index (κ1) is 15.7. The van der Waals surface area contributed by atoms with E-state index in [1.807, 2.05) is 24.3 Å². The monoisotopic (exact) mass is 390 g/mol. The van der Waals surface area contributed by atoms with Gasteiger partial charge in [-0.1, -0.05) is 27.5 Å². The molecular weight excluding hydrogens is 380 g/mol. The minimum Gasteiger partial charge on any atom is -0.293 e. The lowest BCUT2D eigenvalue weighted by atomic mass is 10.3. The van der Waals surface area contributed by atoms with Gasteiger partial charge in [0.15, 0.2) is 5.69 Å². The fourth-order valence-electron chi connectivity index (χ4n) is 2.04. The van der Waals surface area contributed by atoms with E-state index >= 15 is 0 Å². The van der Waals surface area contributed by atoms with Crippen molar-refractivity contribution < 1.29 is 0 Å². The summed E-state index contributed by atoms with van der Waals surface area (Å²) in [6, 6.07) is 14.3. The molecule has 3 aromatic rings. The molecule has 0 aliphatic heterocycles. The van der Waals surface area contributed by atoms with Crippen molar-refractivity contribution in [1.82, 2.24) is 9.78 Å². The number of aromatic amines is 1. The third-order valence-electron chi connectivity index (χ3n) is 3.22. The van der Waals surface area contributed by atoms with Crippen molar-refractivity contribution in [3.05, 3.63) is 74.1 Å². The van der Waals surface area contributed by atoms with Gasteiger partial charge in [-0.15, -0.1) is 5.11 Å². The number of nitrogens with one attached hydrogen (secondary N) is 1. The molecule has 0 radical (unpaired) electrons. The van der Waals surface area contributed by atoms with E-state index in [-0.39, 0.29) is 11.2 Å². The topological polar surface area (TPSA) is 62.5 Å². The summed E-state index contributed by atoms with van der Waals surface area (Å²) in [6.07, 6.45) is 0. The normalized spacial score (nSPS) is 11.3. The van der Waals surface area contributed by atoms with Crippen LogP contribution < -0.4 is 5.56 Å². The highest BCUT2D eigenvalue weighted by Gasteiger charge is 2.12. The zero-order valence-corrected chi connectivity index (χ0v) is 14.5. The zero-order chi connectivity index (χ0) is 16.4. The Morgan fingerprint density at radius 2 is 1.70 bits per heavy atom. The third kappa shape index (κ3) is 3.43. The molecule has 0 aliphatic carbocycles. The summed E-state index contributed by atoms with van der Waals surface area (Å²) in [4.78, 5) is 12.5. The predicted molar refractivity (Wildman–Crippen MR) is 94.5 cm³/mol. The van der Waals surface area contributed by atoms with Crippen LogP contribution in [0.15, 0.2) is 68.0 Å². The minimum atomic E-state index is -0.259. The number of aryl methyl sites for hydroxylation is 1. The van der Waals surface area contributed by atoms with Crippen LogP contribution in [0, 0.1) is 6.92 Å². The summed E-state index contributed by atoms with van der Waals surface area (Å²) < 4.78 is 2.38. The number of hydrogen-bond donors (Lipinski definition) is 1. The summed E-state index contributed by atoms with van der Waals surface area (Å²) in [5, 5.41) is 11.8. The van der Waals surface area contributed by atoms with Crippen LogP contribution in [0.3, 0.4) is 0 Å². The van der Waals surface area contributed by atoms with Gasteiger partial charge in [0, 0.05) is 9.50 Å². The van der Waals surface area contributed by atoms with Gasteiger partial charge in [0.25, 0.3) is 5.56 Å². The average Bonchev–Trinajstić information content (AvgIpc) is 2.82. The van der Waals surface area contributed by atoms with E-state index in [2.05, 4.69) is 31.3 Å². The lowest BCUT2D eigenvalue weighted by Crippen LogP contribution is -2.13. The molecule has 23 heavy (non-hydrogen) atoms. The number of benzene rings is 2. The molecule has 0 fully saturated rings. The van der Waals surface area contributed by atoms with Gasteiger partial charge in [0.2, 0.25) is 0 Å². The summed E-state index contributed by atoms with van der Waals surface area (Å²) in [5.41, 5.74) is 2.03. The maximum atomic E-state index is 12.5. The van der Waals surface area contributed by atoms with Crippen LogP contribution in [0.5, 0.6) is 0 Å². The Bertz CT molecular complexity index is 911. The van der Waals surface area contributed by atoms with Crippen LogP contribution in [-0.2, 0) is 0 Å². The second kappa shape index (κ2) is 6.52. The van der Waals surface area contributed by atoms with Crippen molar-refractivity contribution >= 4 is 38.9 Å². The Morgan fingerprint density at radius 3 is 2.35 bits per heavy atom. The predicted octanol–water partition coefficient (Wildman–Crippen LogP) is 5.31. The molecule has 1 N–H and O–H groups in total. The van der Waals surface area contributed by atoms with E-state index in [0.29, 0.717) is 22.1 Å². The maximum Gasteiger partial charge on any atom is 0.299 e. The van der Waals surface area contributed by atoms with E-state index in [1.54, 1.807) is 31.2 Å². The van der Waals surface area contributed by atoms with E-state index in [0.717, 1.165) is 4.47 Å². The van der Waals surface area contributed by atoms with Crippen LogP contribution in [-0.4, -0.2) is 9.78 Å². The molecule has 0 saturated heterocycles. The molecular formula is C16H12BrClN4O. The van der Waals surface area contributed by atoms with Gasteiger partial charge >= 0.3 is 0 Å². The lowest BCUT2D eigenvalue weighted by molar-refractivity contribution is 0.835. The van der Waals surface area contributed by atoms with Crippen LogP contribution in [0.25, 0.3) is 5.69 Å². The van der Waals surface area contributed by atoms with Crippen molar-refractivity contribution in [3.63, 3.8) is 0 Å². The van der Waals surface area contributed by atoms with Gasteiger partial charge < -0.3 is 0 Å². The summed E-state index contributed by atoms with van der Waals surface area (Å²) >= 11 is 9.23. The van der Waals surface area contributed by atoms with Crippen LogP contribution in [0.2, 0.25) is 5.02 Å². The van der Waals surface area contributed by atoms with Crippen LogP contribution in [0.1, 0.15) is 5.69 Å². The number of rotatable bonds is 3. The van der Waals surface area contributed by atoms with Gasteiger partial charge in [-0.05, 0) is 55.5 Å². The standard InChI is InChI=1S/C16H12BrClN4O/c1-10-15(20-19-13-6-2-11(17)3-7-13)16(23)22(21-10)14-8-4-12(18)5-9-14/h2-9,21H,1H3. The molecule has 0 unspecified atom stereocenters. The molecule has 116 valence electrons. The van der Waals surface area contributed by atoms with E-state index in [9.17, 15) is 4.79 Å². The number of aromatic nitrogens is 2. The first-order valence-corrected chi connectivity index (χ1v) is 7.96. The molecule has 1 heterocycles. The Balaban J connectivity index is 1.96. The molecule has 5 nitrogen and oxygen atoms in total. The second-order valence-electron chi connectivity index (χ2n) is 4.88. The fraction of sp³-hybridized carbons (Fsp3) is 0.0625. The molecule has 0 amide bonds. The summed E-state index contributed by atoms with van der Waals surface area (Å²) in [5.74, 6) is 0. The first-order chi connectivity index (χ1) is 11.0. The lowest BCUT2D eigenvalue weighted by Gasteiger charge is -2.00. The molecule has 0 spiro atoms. The quantitative estimate of drug-likeness (QED) is 0.605. The SMILES string of the molecule is Cc1[nH]n(-c2ccc(Cl)cc2)c(=O)c1N=Nc1ccc(Br)cc1. The van der Waals surface area contributed by atoms with Crippen molar-refractivity contribution in [2.75, 3.05) is 0 Å². The highest BCUT2D eigenvalue weighted by molar-refractivity contribution is 9.10. The van der Waals surface area contributed by atoms with Gasteiger partial charge in [-0.2, -0.15) is 5.11 Å². The van der Waals surface area contributed by atoms with E-state index < -0.39 is 0 Å². The van der Waals surface area contributed by atoms with Crippen molar-refractivity contribution in [3.8, 4) is 5.69 Å². The van der Waals surface area contributed by atoms with Gasteiger partial charge in [-0.3, -0.25) is 9.89 Å². The van der Waals surface area contributed by atoms with Gasteiger partial charge in [-0.25, -0.2) is 4.68 Å². The average molecular weight is 392 g/mol. The van der Waals surface area contributed by atoms with Gasteiger partial charge in [0.05, 0.1) is 17.1 Å². The van der Waals surface area contributed by atoms with Crippen LogP contribution in [0.4, 0.5) is 11.4 Å². The molecule has 2 aromatic carbocycles. The Morgan fingerprint density at radius 1 is 1.04 bits per heavy atom. The first-order valence-electron chi connectivity index (χ1n) is 6.79. The number of H-pyrrole nitrogens is 1. The number of nitrogens with zero attached hydrogens (tertiary/aromatic N) is 3. The summed E-state index contributed by atoms with van der Waals surface area (Å²) in [7, 11) is 0. The Labute approximate surface area is 145 Å². The number of hydrogen-bond acceptors (Lipinski definition) is 3. The van der Waals surface area contributed by atoms with Gasteiger partial charge in [0.1, 0.15) is 0 Å². The third-order valence-corrected chi connectivity index (χ3v) is 4.00. The number of azo groups is 1. The molecule has 1 aromatic heterocycles. The molecule has 0 bridgehead atoms. The molecule has 0 saturated carbocycles. The molecule has 0 aliphatic rings. The highest BCUT2D eigenvalue weighted by Crippen LogP contribution is 2.21. The Kier molecular flexibility index (Phi) is 4.45. The number of halogens is 2. The van der Waals surface area contributed by atoms with Crippen molar-refractivity contribution in [2.24, 2.45) is 10.2 Å².